The van der Waals surface area contributed by atoms with Crippen LogP contribution >= 0.6 is 0 Å². The molecular formula is C24H28N4O2. The minimum Gasteiger partial charge on any atom is -0.379 e. The number of carbonyl (C=O) groups excluding carboxylic acids is 1. The predicted molar refractivity (Wildman–Crippen MR) is 119 cm³/mol. The molecule has 6 heteroatoms. The van der Waals surface area contributed by atoms with E-state index in [0.717, 1.165) is 35.1 Å². The highest BCUT2D eigenvalue weighted by atomic mass is 16.5. The molecule has 1 unspecified atom stereocenters. The smallest absolute Gasteiger partial charge is 0.256 e. The van der Waals surface area contributed by atoms with Crippen molar-refractivity contribution in [1.29, 1.82) is 0 Å². The standard InChI is InChI=1S/C24H28N4O2/c1-15(2)23(28-13-20(14-28)30-4)22-16(3)5-8-21(26-22)27-24(29)18-6-7-19-12-25-10-9-17(19)11-18/h5-12,15,20,23H,13-14H2,1-4H3,(H,26,27,29). The molecule has 4 rings (SSSR count). The quantitative estimate of drug-likeness (QED) is 0.666. The summed E-state index contributed by atoms with van der Waals surface area (Å²) in [5, 5.41) is 4.96. The zero-order valence-corrected chi connectivity index (χ0v) is 17.9. The van der Waals surface area contributed by atoms with Gasteiger partial charge in [0.15, 0.2) is 0 Å². The average molecular weight is 405 g/mol. The number of anilines is 1. The molecule has 1 fully saturated rings. The second kappa shape index (κ2) is 8.50. The zero-order chi connectivity index (χ0) is 21.3. The summed E-state index contributed by atoms with van der Waals surface area (Å²) < 4.78 is 5.45. The predicted octanol–water partition coefficient (Wildman–Crippen LogP) is 4.22. The van der Waals surface area contributed by atoms with Gasteiger partial charge in [-0.1, -0.05) is 26.0 Å². The molecule has 156 valence electrons. The molecule has 30 heavy (non-hydrogen) atoms. The molecule has 1 aromatic carbocycles. The third-order valence-corrected chi connectivity index (χ3v) is 5.80. The number of aromatic nitrogens is 2. The van der Waals surface area contributed by atoms with E-state index in [-0.39, 0.29) is 18.1 Å². The summed E-state index contributed by atoms with van der Waals surface area (Å²) in [5.74, 6) is 0.805. The van der Waals surface area contributed by atoms with Crippen LogP contribution in [0, 0.1) is 12.8 Å². The maximum atomic E-state index is 12.8. The first-order chi connectivity index (χ1) is 14.5. The summed E-state index contributed by atoms with van der Waals surface area (Å²) in [6, 6.07) is 11.6. The van der Waals surface area contributed by atoms with Crippen molar-refractivity contribution < 1.29 is 9.53 Å². The van der Waals surface area contributed by atoms with E-state index in [9.17, 15) is 4.79 Å². The van der Waals surface area contributed by atoms with Gasteiger partial charge in [0, 0.05) is 43.5 Å². The van der Waals surface area contributed by atoms with E-state index in [4.69, 9.17) is 9.72 Å². The Hall–Kier alpha value is -2.83. The summed E-state index contributed by atoms with van der Waals surface area (Å²) in [5.41, 5.74) is 2.75. The molecule has 0 aliphatic carbocycles. The van der Waals surface area contributed by atoms with Crippen molar-refractivity contribution in [3.63, 3.8) is 0 Å². The molecule has 3 heterocycles. The fourth-order valence-corrected chi connectivity index (χ4v) is 4.08. The highest BCUT2D eigenvalue weighted by molar-refractivity contribution is 6.06. The molecule has 1 N–H and O–H groups in total. The number of methoxy groups -OCH3 is 1. The Kier molecular flexibility index (Phi) is 5.79. The van der Waals surface area contributed by atoms with Crippen molar-refractivity contribution in [2.45, 2.75) is 32.9 Å². The molecule has 0 radical (unpaired) electrons. The van der Waals surface area contributed by atoms with Crippen LogP contribution in [0.2, 0.25) is 0 Å². The van der Waals surface area contributed by atoms with E-state index in [1.807, 2.05) is 36.4 Å². The number of ether oxygens (including phenoxy) is 1. The molecule has 1 aliphatic rings. The SMILES string of the molecule is COC1CN(C(c2nc(NC(=O)c3ccc4cnccc4c3)ccc2C)C(C)C)C1. The number of hydrogen-bond donors (Lipinski definition) is 1. The molecule has 3 aromatic rings. The fourth-order valence-electron chi connectivity index (χ4n) is 4.08. The number of fused-ring (bicyclic) bond motifs is 1. The van der Waals surface area contributed by atoms with Crippen molar-refractivity contribution in [2.24, 2.45) is 5.92 Å². The second-order valence-corrected chi connectivity index (χ2v) is 8.29. The number of benzene rings is 1. The summed E-state index contributed by atoms with van der Waals surface area (Å²) >= 11 is 0. The Bertz CT molecular complexity index is 1060. The van der Waals surface area contributed by atoms with Gasteiger partial charge in [-0.15, -0.1) is 0 Å². The van der Waals surface area contributed by atoms with E-state index in [1.54, 1.807) is 19.5 Å². The van der Waals surface area contributed by atoms with Crippen LogP contribution in [0.25, 0.3) is 10.8 Å². The van der Waals surface area contributed by atoms with Crippen molar-refractivity contribution in [1.82, 2.24) is 14.9 Å². The molecular weight excluding hydrogens is 376 g/mol. The van der Waals surface area contributed by atoms with Gasteiger partial charge in [-0.25, -0.2) is 4.98 Å². The van der Waals surface area contributed by atoms with Crippen LogP contribution in [0.5, 0.6) is 0 Å². The van der Waals surface area contributed by atoms with Gasteiger partial charge in [0.1, 0.15) is 5.82 Å². The number of amides is 1. The summed E-state index contributed by atoms with van der Waals surface area (Å²) in [4.78, 5) is 24.2. The van der Waals surface area contributed by atoms with Gasteiger partial charge in [-0.05, 0) is 48.1 Å². The van der Waals surface area contributed by atoms with E-state index >= 15 is 0 Å². The third-order valence-electron chi connectivity index (χ3n) is 5.80. The first-order valence-corrected chi connectivity index (χ1v) is 10.4. The van der Waals surface area contributed by atoms with E-state index in [2.05, 4.69) is 36.0 Å². The number of nitrogens with zero attached hydrogens (tertiary/aromatic N) is 3. The average Bonchev–Trinajstić information content (AvgIpc) is 2.71. The Balaban J connectivity index is 1.56. The van der Waals surface area contributed by atoms with Crippen LogP contribution in [0.1, 0.15) is 41.5 Å². The number of likely N-dealkylation sites (tertiary alicyclic amines) is 1. The molecule has 0 saturated carbocycles. The van der Waals surface area contributed by atoms with Gasteiger partial charge in [0.25, 0.3) is 5.91 Å². The summed E-state index contributed by atoms with van der Waals surface area (Å²) in [7, 11) is 1.76. The van der Waals surface area contributed by atoms with Gasteiger partial charge >= 0.3 is 0 Å². The van der Waals surface area contributed by atoms with Crippen molar-refractivity contribution >= 4 is 22.5 Å². The molecule has 1 aliphatic heterocycles. The largest absolute Gasteiger partial charge is 0.379 e. The highest BCUT2D eigenvalue weighted by Gasteiger charge is 2.36. The number of carbonyl (C=O) groups is 1. The number of aryl methyl sites for hydroxylation is 1. The highest BCUT2D eigenvalue weighted by Crippen LogP contribution is 2.34. The Morgan fingerprint density at radius 2 is 1.97 bits per heavy atom. The fraction of sp³-hybridized carbons (Fsp3) is 0.375. The Labute approximate surface area is 177 Å². The zero-order valence-electron chi connectivity index (χ0n) is 17.9. The molecule has 1 amide bonds. The molecule has 6 nitrogen and oxygen atoms in total. The van der Waals surface area contributed by atoms with Crippen LogP contribution in [-0.2, 0) is 4.74 Å². The number of rotatable bonds is 6. The minimum atomic E-state index is -0.166. The van der Waals surface area contributed by atoms with Gasteiger partial charge in [0.2, 0.25) is 0 Å². The van der Waals surface area contributed by atoms with Crippen LogP contribution in [-0.4, -0.2) is 47.1 Å². The first-order valence-electron chi connectivity index (χ1n) is 10.4. The molecule has 1 saturated heterocycles. The topological polar surface area (TPSA) is 67.3 Å². The third kappa shape index (κ3) is 4.06. The van der Waals surface area contributed by atoms with Crippen molar-refractivity contribution in [3.8, 4) is 0 Å². The summed E-state index contributed by atoms with van der Waals surface area (Å²) in [6.45, 7) is 8.31. The lowest BCUT2D eigenvalue weighted by molar-refractivity contribution is -0.0615. The maximum absolute atomic E-state index is 12.8. The molecule has 1 atom stereocenters. The van der Waals surface area contributed by atoms with Gasteiger partial charge in [0.05, 0.1) is 17.8 Å². The lowest BCUT2D eigenvalue weighted by atomic mass is 9.92. The molecule has 0 spiro atoms. The summed E-state index contributed by atoms with van der Waals surface area (Å²) in [6.07, 6.45) is 3.81. The Morgan fingerprint density at radius 1 is 1.17 bits per heavy atom. The normalized spacial score (nSPS) is 15.9. The number of pyridine rings is 2. The van der Waals surface area contributed by atoms with Crippen LogP contribution in [0.15, 0.2) is 48.8 Å². The lowest BCUT2D eigenvalue weighted by Gasteiger charge is -2.45. The minimum absolute atomic E-state index is 0.166. The molecule has 0 bridgehead atoms. The Morgan fingerprint density at radius 3 is 2.70 bits per heavy atom. The second-order valence-electron chi connectivity index (χ2n) is 8.29. The van der Waals surface area contributed by atoms with Crippen LogP contribution in [0.4, 0.5) is 5.82 Å². The maximum Gasteiger partial charge on any atom is 0.256 e. The first kappa shape index (κ1) is 20.4. The number of hydrogen-bond acceptors (Lipinski definition) is 5. The molecule has 2 aromatic heterocycles. The van der Waals surface area contributed by atoms with Crippen molar-refractivity contribution in [2.75, 3.05) is 25.5 Å². The van der Waals surface area contributed by atoms with Gasteiger partial charge in [-0.3, -0.25) is 14.7 Å². The van der Waals surface area contributed by atoms with Gasteiger partial charge < -0.3 is 10.1 Å². The monoisotopic (exact) mass is 404 g/mol. The lowest BCUT2D eigenvalue weighted by Crippen LogP contribution is -2.54. The van der Waals surface area contributed by atoms with E-state index < -0.39 is 0 Å². The van der Waals surface area contributed by atoms with Crippen LogP contribution < -0.4 is 5.32 Å². The van der Waals surface area contributed by atoms with Crippen molar-refractivity contribution in [3.05, 3.63) is 65.6 Å². The van der Waals surface area contributed by atoms with Crippen LogP contribution in [0.3, 0.4) is 0 Å². The van der Waals surface area contributed by atoms with E-state index in [1.165, 1.54) is 0 Å². The number of nitrogens with one attached hydrogen (secondary N) is 1. The van der Waals surface area contributed by atoms with Gasteiger partial charge in [-0.2, -0.15) is 0 Å². The van der Waals surface area contributed by atoms with E-state index in [0.29, 0.717) is 17.3 Å².